The third-order valence-corrected chi connectivity index (χ3v) is 7.44. The number of hydrogen-bond acceptors (Lipinski definition) is 9. The summed E-state index contributed by atoms with van der Waals surface area (Å²) in [6, 6.07) is 10.9. The van der Waals surface area contributed by atoms with E-state index < -0.39 is 27.3 Å². The predicted octanol–water partition coefficient (Wildman–Crippen LogP) is 5.32. The molecule has 0 aliphatic rings. The molecule has 0 radical (unpaired) electrons. The Bertz CT molecular complexity index is 1450. The van der Waals surface area contributed by atoms with Crippen molar-refractivity contribution < 1.29 is 27.5 Å². The van der Waals surface area contributed by atoms with Gasteiger partial charge in [0.2, 0.25) is 21.9 Å². The average molecular weight is 589 g/mol. The summed E-state index contributed by atoms with van der Waals surface area (Å²) < 4.78 is 48.3. The van der Waals surface area contributed by atoms with Crippen LogP contribution >= 0.6 is 0 Å². The summed E-state index contributed by atoms with van der Waals surface area (Å²) in [5.41, 5.74) is 2.65. The van der Waals surface area contributed by atoms with Crippen LogP contribution in [0.5, 0.6) is 5.75 Å². The van der Waals surface area contributed by atoms with Gasteiger partial charge in [0.1, 0.15) is 5.82 Å². The fourth-order valence-corrected chi connectivity index (χ4v) is 5.24. The number of sulfonamides is 1. The fourth-order valence-electron chi connectivity index (χ4n) is 3.77. The molecule has 13 heteroatoms. The average Bonchev–Trinajstić information content (AvgIpc) is 2.90. The number of carbonyl (C=O) groups excluding carboxylic acids is 1. The molecule has 0 unspecified atom stereocenters. The summed E-state index contributed by atoms with van der Waals surface area (Å²) in [7, 11) is -3.72. The zero-order chi connectivity index (χ0) is 30.0. The van der Waals surface area contributed by atoms with E-state index in [-0.39, 0.29) is 23.0 Å². The van der Waals surface area contributed by atoms with E-state index in [0.717, 1.165) is 18.4 Å². The number of anilines is 4. The minimum atomic E-state index is -3.72. The van der Waals surface area contributed by atoms with Gasteiger partial charge < -0.3 is 15.4 Å². The lowest BCUT2D eigenvalue weighted by atomic mass is 10.1. The molecule has 3 rings (SSSR count). The number of aromatic nitrogens is 2. The van der Waals surface area contributed by atoms with Crippen LogP contribution in [0.4, 0.5) is 27.5 Å². The Kier molecular flexibility index (Phi) is 11.0. The molecule has 0 saturated heterocycles. The van der Waals surface area contributed by atoms with E-state index in [9.17, 15) is 17.6 Å². The van der Waals surface area contributed by atoms with Crippen LogP contribution in [0.3, 0.4) is 0 Å². The number of unbranched alkanes of at least 4 members (excludes halogenated alkanes) is 3. The first-order chi connectivity index (χ1) is 19.4. The van der Waals surface area contributed by atoms with E-state index in [1.165, 1.54) is 24.3 Å². The van der Waals surface area contributed by atoms with Gasteiger partial charge in [0.15, 0.2) is 11.6 Å². The second-order valence-electron chi connectivity index (χ2n) is 10.6. The molecular formula is C28H37FN6O5S. The molecule has 41 heavy (non-hydrogen) atoms. The molecule has 0 atom stereocenters. The predicted molar refractivity (Wildman–Crippen MR) is 155 cm³/mol. The molecule has 0 aliphatic heterocycles. The number of nitrogens with zero attached hydrogens (tertiary/aromatic N) is 2. The third-order valence-electron chi connectivity index (χ3n) is 5.69. The monoisotopic (exact) mass is 588 g/mol. The number of hydrogen-bond donors (Lipinski definition) is 5. The Labute approximate surface area is 240 Å². The first kappa shape index (κ1) is 31.7. The van der Waals surface area contributed by atoms with Crippen molar-refractivity contribution in [2.45, 2.75) is 70.2 Å². The van der Waals surface area contributed by atoms with Crippen LogP contribution in [0.15, 0.2) is 53.6 Å². The van der Waals surface area contributed by atoms with Crippen LogP contribution in [0, 0.1) is 12.7 Å². The highest BCUT2D eigenvalue weighted by Gasteiger charge is 2.22. The number of benzene rings is 2. The number of aryl methyl sites for hydroxylation is 1. The number of hydroxylamine groups is 1. The van der Waals surface area contributed by atoms with E-state index in [0.29, 0.717) is 36.6 Å². The molecule has 1 heterocycles. The highest BCUT2D eigenvalue weighted by atomic mass is 32.2. The number of carbonyl (C=O) groups is 1. The number of nitrogens with one attached hydrogen (secondary N) is 4. The summed E-state index contributed by atoms with van der Waals surface area (Å²) in [5, 5.41) is 14.6. The number of rotatable bonds is 14. The number of amides is 1. The van der Waals surface area contributed by atoms with Crippen molar-refractivity contribution in [3.05, 3.63) is 60.0 Å². The van der Waals surface area contributed by atoms with Gasteiger partial charge in [-0.1, -0.05) is 18.9 Å². The molecule has 0 spiro atoms. The molecule has 3 aromatic rings. The van der Waals surface area contributed by atoms with Gasteiger partial charge in [0.25, 0.3) is 0 Å². The molecule has 0 saturated carbocycles. The smallest absolute Gasteiger partial charge is 0.243 e. The molecule has 5 N–H and O–H groups in total. The van der Waals surface area contributed by atoms with Crippen molar-refractivity contribution in [3.63, 3.8) is 0 Å². The lowest BCUT2D eigenvalue weighted by molar-refractivity contribution is -0.129. The molecule has 11 nitrogen and oxygen atoms in total. The van der Waals surface area contributed by atoms with Crippen molar-refractivity contribution >= 4 is 39.1 Å². The van der Waals surface area contributed by atoms with E-state index in [4.69, 9.17) is 9.94 Å². The zero-order valence-corrected chi connectivity index (χ0v) is 24.4. The molecule has 0 bridgehead atoms. The van der Waals surface area contributed by atoms with Gasteiger partial charge >= 0.3 is 0 Å². The Morgan fingerprint density at radius 3 is 2.46 bits per heavy atom. The largest absolute Gasteiger partial charge is 0.491 e. The van der Waals surface area contributed by atoms with Crippen molar-refractivity contribution in [2.75, 3.05) is 17.2 Å². The van der Waals surface area contributed by atoms with Gasteiger partial charge in [-0.25, -0.2) is 28.0 Å². The van der Waals surface area contributed by atoms with Crippen LogP contribution in [-0.4, -0.2) is 41.6 Å². The van der Waals surface area contributed by atoms with Gasteiger partial charge in [-0.05, 0) is 70.9 Å². The second-order valence-corrected chi connectivity index (χ2v) is 12.2. The van der Waals surface area contributed by atoms with Gasteiger partial charge in [-0.15, -0.1) is 0 Å². The molecule has 0 aliphatic carbocycles. The maximum Gasteiger partial charge on any atom is 0.243 e. The fraction of sp³-hybridized carbons (Fsp3) is 0.393. The summed E-state index contributed by atoms with van der Waals surface area (Å²) in [5.74, 6) is -0.148. The minimum absolute atomic E-state index is 0.118. The van der Waals surface area contributed by atoms with Crippen molar-refractivity contribution in [3.8, 4) is 5.75 Å². The second kappa shape index (κ2) is 14.2. The van der Waals surface area contributed by atoms with E-state index in [1.54, 1.807) is 50.6 Å². The third kappa shape index (κ3) is 10.3. The number of halogens is 1. The van der Waals surface area contributed by atoms with E-state index >= 15 is 0 Å². The quantitative estimate of drug-likeness (QED) is 0.0956. The Hall–Kier alpha value is -3.81. The number of ether oxygens (including phenoxy) is 1. The van der Waals surface area contributed by atoms with Crippen LogP contribution in [0.1, 0.15) is 58.4 Å². The molecule has 222 valence electrons. The van der Waals surface area contributed by atoms with Crippen molar-refractivity contribution in [2.24, 2.45) is 0 Å². The van der Waals surface area contributed by atoms with E-state index in [1.807, 2.05) is 6.92 Å². The minimum Gasteiger partial charge on any atom is -0.491 e. The standard InChI is InChI=1S/C28H37FN6O5S/c1-19-18-30-27(33-26(19)31-20-10-9-11-22(16-20)41(38,39)35-28(2,3)4)32-21-13-14-24(23(29)17-21)40-15-8-6-5-7-12-25(36)34-37/h9-11,13-14,16-18,35,37H,5-8,12,15H2,1-4H3,(H,34,36)(H2,30,31,32,33). The Morgan fingerprint density at radius 1 is 1.02 bits per heavy atom. The summed E-state index contributed by atoms with van der Waals surface area (Å²) in [4.78, 5) is 19.8. The van der Waals surface area contributed by atoms with Crippen LogP contribution in [0.2, 0.25) is 0 Å². The van der Waals surface area contributed by atoms with Gasteiger partial charge in [0.05, 0.1) is 11.5 Å². The molecule has 1 aromatic heterocycles. The summed E-state index contributed by atoms with van der Waals surface area (Å²) >= 11 is 0. The molecule has 1 amide bonds. The first-order valence-electron chi connectivity index (χ1n) is 13.2. The summed E-state index contributed by atoms with van der Waals surface area (Å²) in [6.07, 6.45) is 4.83. The van der Waals surface area contributed by atoms with E-state index in [2.05, 4.69) is 25.3 Å². The lowest BCUT2D eigenvalue weighted by Crippen LogP contribution is -2.40. The molecule has 2 aromatic carbocycles. The van der Waals surface area contributed by atoms with Gasteiger partial charge in [-0.2, -0.15) is 4.98 Å². The highest BCUT2D eigenvalue weighted by Crippen LogP contribution is 2.26. The van der Waals surface area contributed by atoms with Crippen LogP contribution < -0.4 is 25.6 Å². The Morgan fingerprint density at radius 2 is 1.76 bits per heavy atom. The van der Waals surface area contributed by atoms with Crippen LogP contribution in [-0.2, 0) is 14.8 Å². The van der Waals surface area contributed by atoms with Crippen LogP contribution in [0.25, 0.3) is 0 Å². The topological polar surface area (TPSA) is 155 Å². The lowest BCUT2D eigenvalue weighted by Gasteiger charge is -2.20. The Balaban J connectivity index is 1.60. The SMILES string of the molecule is Cc1cnc(Nc2ccc(OCCCCCCC(=O)NO)c(F)c2)nc1Nc1cccc(S(=O)(=O)NC(C)(C)C)c1. The molecule has 0 fully saturated rings. The molecular weight excluding hydrogens is 551 g/mol. The first-order valence-corrected chi connectivity index (χ1v) is 14.7. The van der Waals surface area contributed by atoms with Crippen molar-refractivity contribution in [1.82, 2.24) is 20.2 Å². The maximum atomic E-state index is 14.6. The normalized spacial score (nSPS) is 11.7. The zero-order valence-electron chi connectivity index (χ0n) is 23.6. The van der Waals surface area contributed by atoms with Crippen molar-refractivity contribution in [1.29, 1.82) is 0 Å². The maximum absolute atomic E-state index is 14.6. The van der Waals surface area contributed by atoms with Gasteiger partial charge in [-0.3, -0.25) is 10.0 Å². The summed E-state index contributed by atoms with van der Waals surface area (Å²) in [6.45, 7) is 7.46. The van der Waals surface area contributed by atoms with Gasteiger partial charge in [0, 0.05) is 41.2 Å². The highest BCUT2D eigenvalue weighted by molar-refractivity contribution is 7.89.